The zero-order valence-electron chi connectivity index (χ0n) is 18.2. The smallest absolute Gasteiger partial charge is 0.357 e. The second-order valence-electron chi connectivity index (χ2n) is 7.58. The minimum Gasteiger partial charge on any atom is -0.453 e. The standard InChI is InChI=1S/C23H23N3O5S2/c1-32-23-24-14-20(26(23)18-8-4-3-5-9-18)22(28)31-15-21(27)17-10-11-19-16(13-17)7-6-12-25(19)33(2,29)30/h3-5,8-11,13-14H,6-7,12,15H2,1-2H3. The number of carbonyl (C=O) groups excluding carboxylic acids is 2. The number of hydrogen-bond donors (Lipinski definition) is 0. The summed E-state index contributed by atoms with van der Waals surface area (Å²) in [6.07, 6.45) is 5.82. The van der Waals surface area contributed by atoms with Gasteiger partial charge in [0.15, 0.2) is 23.2 Å². The number of sulfonamides is 1. The normalized spacial score (nSPS) is 13.5. The van der Waals surface area contributed by atoms with Gasteiger partial charge in [0, 0.05) is 17.8 Å². The summed E-state index contributed by atoms with van der Waals surface area (Å²) >= 11 is 1.39. The van der Waals surface area contributed by atoms with Crippen LogP contribution in [0.15, 0.2) is 59.9 Å². The van der Waals surface area contributed by atoms with Crippen LogP contribution in [0.1, 0.15) is 32.8 Å². The molecular formula is C23H23N3O5S2. The van der Waals surface area contributed by atoms with Crippen LogP contribution in [0.2, 0.25) is 0 Å². The summed E-state index contributed by atoms with van der Waals surface area (Å²) in [5, 5.41) is 0.629. The van der Waals surface area contributed by atoms with Crippen LogP contribution in [0.25, 0.3) is 5.69 Å². The minimum atomic E-state index is -3.38. The molecule has 0 atom stereocenters. The Hall–Kier alpha value is -3.11. The molecule has 0 fully saturated rings. The van der Waals surface area contributed by atoms with Crippen molar-refractivity contribution in [3.63, 3.8) is 0 Å². The Morgan fingerprint density at radius 2 is 1.91 bits per heavy atom. The molecular weight excluding hydrogens is 462 g/mol. The van der Waals surface area contributed by atoms with Crippen molar-refractivity contribution in [1.29, 1.82) is 0 Å². The Morgan fingerprint density at radius 3 is 2.61 bits per heavy atom. The number of Topliss-reactive ketones (excluding diaryl/α,β-unsaturated/α-hetero) is 1. The van der Waals surface area contributed by atoms with Crippen molar-refractivity contribution in [2.24, 2.45) is 0 Å². The number of benzene rings is 2. The number of rotatable bonds is 7. The van der Waals surface area contributed by atoms with Crippen LogP contribution < -0.4 is 4.31 Å². The van der Waals surface area contributed by atoms with Gasteiger partial charge in [-0.25, -0.2) is 18.2 Å². The lowest BCUT2D eigenvalue weighted by Crippen LogP contribution is -2.34. The minimum absolute atomic E-state index is 0.229. The van der Waals surface area contributed by atoms with Crippen LogP contribution in [0.3, 0.4) is 0 Å². The first-order chi connectivity index (χ1) is 15.8. The van der Waals surface area contributed by atoms with E-state index in [-0.39, 0.29) is 11.5 Å². The number of carbonyl (C=O) groups is 2. The second-order valence-corrected chi connectivity index (χ2v) is 10.3. The highest BCUT2D eigenvalue weighted by atomic mass is 32.2. The number of aryl methyl sites for hydroxylation is 1. The van der Waals surface area contributed by atoms with E-state index in [0.717, 1.165) is 11.3 Å². The molecule has 1 aliphatic heterocycles. The monoisotopic (exact) mass is 485 g/mol. The number of ether oxygens (including phenoxy) is 1. The van der Waals surface area contributed by atoms with Crippen LogP contribution in [0, 0.1) is 0 Å². The van der Waals surface area contributed by atoms with Gasteiger partial charge in [0.25, 0.3) is 0 Å². The molecule has 1 aliphatic rings. The maximum Gasteiger partial charge on any atom is 0.357 e. The third-order valence-corrected chi connectivity index (χ3v) is 7.18. The number of ketones is 1. The molecule has 0 saturated heterocycles. The molecule has 1 aromatic heterocycles. The van der Waals surface area contributed by atoms with Crippen LogP contribution in [0.5, 0.6) is 0 Å². The summed E-state index contributed by atoms with van der Waals surface area (Å²) in [7, 11) is -3.38. The molecule has 0 radical (unpaired) electrons. The first-order valence-corrected chi connectivity index (χ1v) is 13.3. The van der Waals surface area contributed by atoms with Gasteiger partial charge >= 0.3 is 5.97 Å². The Kier molecular flexibility index (Phi) is 6.57. The lowest BCUT2D eigenvalue weighted by atomic mass is 9.99. The molecule has 8 nitrogen and oxygen atoms in total. The second kappa shape index (κ2) is 9.40. The number of hydrogen-bond acceptors (Lipinski definition) is 7. The molecule has 0 N–H and O–H groups in total. The topological polar surface area (TPSA) is 98.6 Å². The zero-order valence-corrected chi connectivity index (χ0v) is 19.9. The van der Waals surface area contributed by atoms with Gasteiger partial charge in [-0.15, -0.1) is 0 Å². The van der Waals surface area contributed by atoms with Crippen molar-refractivity contribution in [1.82, 2.24) is 9.55 Å². The van der Waals surface area contributed by atoms with Gasteiger partial charge in [0.1, 0.15) is 0 Å². The molecule has 0 saturated carbocycles. The molecule has 3 aromatic rings. The number of fused-ring (bicyclic) bond motifs is 1. The predicted octanol–water partition coefficient (Wildman–Crippen LogP) is 3.35. The number of para-hydroxylation sites is 1. The number of thioether (sulfide) groups is 1. The van der Waals surface area contributed by atoms with E-state index < -0.39 is 22.6 Å². The quantitative estimate of drug-likeness (QED) is 0.288. The van der Waals surface area contributed by atoms with E-state index >= 15 is 0 Å². The summed E-state index contributed by atoms with van der Waals surface area (Å²) in [5.41, 5.74) is 2.75. The molecule has 33 heavy (non-hydrogen) atoms. The van der Waals surface area contributed by atoms with Crippen molar-refractivity contribution in [2.45, 2.75) is 18.0 Å². The van der Waals surface area contributed by atoms with Gasteiger partial charge in [0.05, 0.1) is 18.1 Å². The number of nitrogens with zero attached hydrogens (tertiary/aromatic N) is 3. The third-order valence-electron chi connectivity index (χ3n) is 5.35. The Balaban J connectivity index is 1.50. The summed E-state index contributed by atoms with van der Waals surface area (Å²) in [6, 6.07) is 14.2. The van der Waals surface area contributed by atoms with Gasteiger partial charge in [-0.1, -0.05) is 30.0 Å². The number of esters is 1. The van der Waals surface area contributed by atoms with Crippen molar-refractivity contribution in [2.75, 3.05) is 30.0 Å². The molecule has 2 heterocycles. The zero-order chi connectivity index (χ0) is 23.6. The van der Waals surface area contributed by atoms with Gasteiger partial charge in [0.2, 0.25) is 10.0 Å². The van der Waals surface area contributed by atoms with Crippen molar-refractivity contribution in [3.05, 3.63) is 71.5 Å². The Morgan fingerprint density at radius 1 is 1.15 bits per heavy atom. The highest BCUT2D eigenvalue weighted by Gasteiger charge is 2.25. The molecule has 0 bridgehead atoms. The molecule has 172 valence electrons. The highest BCUT2D eigenvalue weighted by molar-refractivity contribution is 7.98. The largest absolute Gasteiger partial charge is 0.453 e. The van der Waals surface area contributed by atoms with E-state index in [1.54, 1.807) is 22.8 Å². The maximum atomic E-state index is 12.8. The van der Waals surface area contributed by atoms with E-state index in [0.29, 0.717) is 35.8 Å². The fourth-order valence-electron chi connectivity index (χ4n) is 3.82. The number of anilines is 1. The maximum absolute atomic E-state index is 12.8. The van der Waals surface area contributed by atoms with Crippen LogP contribution in [-0.2, 0) is 21.2 Å². The summed E-state index contributed by atoms with van der Waals surface area (Å²) in [4.78, 5) is 29.8. The van der Waals surface area contributed by atoms with E-state index in [1.807, 2.05) is 36.6 Å². The van der Waals surface area contributed by atoms with Crippen LogP contribution in [-0.4, -0.2) is 55.4 Å². The van der Waals surface area contributed by atoms with E-state index in [4.69, 9.17) is 4.74 Å². The van der Waals surface area contributed by atoms with Crippen molar-refractivity contribution >= 4 is 39.2 Å². The fourth-order valence-corrected chi connectivity index (χ4v) is 5.36. The van der Waals surface area contributed by atoms with E-state index in [1.165, 1.54) is 28.5 Å². The lowest BCUT2D eigenvalue weighted by Gasteiger charge is -2.29. The average Bonchev–Trinajstić information content (AvgIpc) is 3.26. The molecule has 10 heteroatoms. The Labute approximate surface area is 196 Å². The SMILES string of the molecule is CSc1ncc(C(=O)OCC(=O)c2ccc3c(c2)CCCN3S(C)(=O)=O)n1-c1ccccc1. The van der Waals surface area contributed by atoms with Gasteiger partial charge < -0.3 is 4.74 Å². The van der Waals surface area contributed by atoms with Gasteiger partial charge in [-0.3, -0.25) is 13.7 Å². The Bertz CT molecular complexity index is 1300. The molecule has 4 rings (SSSR count). The molecule has 0 aliphatic carbocycles. The summed E-state index contributed by atoms with van der Waals surface area (Å²) in [6.45, 7) is -0.00808. The first kappa shape index (κ1) is 23.1. The molecule has 2 aromatic carbocycles. The first-order valence-electron chi connectivity index (χ1n) is 10.3. The summed E-state index contributed by atoms with van der Waals surface area (Å²) in [5.74, 6) is -1.01. The molecule has 0 unspecified atom stereocenters. The predicted molar refractivity (Wildman–Crippen MR) is 127 cm³/mol. The van der Waals surface area contributed by atoms with E-state index in [2.05, 4.69) is 4.98 Å². The molecule has 0 amide bonds. The fraction of sp³-hybridized carbons (Fsp3) is 0.261. The van der Waals surface area contributed by atoms with Crippen molar-refractivity contribution in [3.8, 4) is 5.69 Å². The van der Waals surface area contributed by atoms with E-state index in [9.17, 15) is 18.0 Å². The number of imidazole rings is 1. The average molecular weight is 486 g/mol. The number of aromatic nitrogens is 2. The summed E-state index contributed by atoms with van der Waals surface area (Å²) < 4.78 is 32.4. The van der Waals surface area contributed by atoms with Crippen LogP contribution in [0.4, 0.5) is 5.69 Å². The van der Waals surface area contributed by atoms with Crippen LogP contribution >= 0.6 is 11.8 Å². The van der Waals surface area contributed by atoms with Gasteiger partial charge in [-0.2, -0.15) is 0 Å². The highest BCUT2D eigenvalue weighted by Crippen LogP contribution is 2.30. The van der Waals surface area contributed by atoms with Gasteiger partial charge in [-0.05, 0) is 55.0 Å². The lowest BCUT2D eigenvalue weighted by molar-refractivity contribution is 0.0466. The third kappa shape index (κ3) is 4.81. The van der Waals surface area contributed by atoms with Crippen molar-refractivity contribution < 1.29 is 22.7 Å². The molecule has 0 spiro atoms.